The van der Waals surface area contributed by atoms with E-state index in [2.05, 4.69) is 10.6 Å². The molecule has 0 aliphatic carbocycles. The summed E-state index contributed by atoms with van der Waals surface area (Å²) in [6.45, 7) is 0. The van der Waals surface area contributed by atoms with E-state index in [1.807, 2.05) is 0 Å². The molecule has 2 aliphatic rings. The van der Waals surface area contributed by atoms with E-state index < -0.39 is 0 Å². The molecule has 5 nitrogen and oxygen atoms in total. The van der Waals surface area contributed by atoms with Crippen LogP contribution in [0.15, 0.2) is 0 Å². The number of likely N-dealkylation sites (N-methyl/N-ethyl adjacent to an activating group) is 2. The summed E-state index contributed by atoms with van der Waals surface area (Å²) in [5, 5.41) is 6.63. The van der Waals surface area contributed by atoms with E-state index in [0.29, 0.717) is 5.11 Å². The molecule has 6 heteroatoms. The molecule has 2 atom stereocenters. The lowest BCUT2D eigenvalue weighted by molar-refractivity contribution is 0.197. The van der Waals surface area contributed by atoms with Crippen LogP contribution in [0.5, 0.6) is 0 Å². The number of rotatable bonds is 0. The van der Waals surface area contributed by atoms with E-state index in [4.69, 9.17) is 12.2 Å². The van der Waals surface area contributed by atoms with Crippen LogP contribution < -0.4 is 10.6 Å². The largest absolute Gasteiger partial charge is 0.339 e. The molecule has 2 fully saturated rings. The molecule has 2 heterocycles. The van der Waals surface area contributed by atoms with E-state index in [1.165, 1.54) is 0 Å². The second-order valence-corrected chi connectivity index (χ2v) is 3.42. The average molecular weight is 186 g/mol. The second-order valence-electron chi connectivity index (χ2n) is 3.01. The van der Waals surface area contributed by atoms with Crippen molar-refractivity contribution in [2.45, 2.75) is 12.3 Å². The number of thiocarbonyl (C=S) groups is 1. The number of carbonyl (C=O) groups is 1. The van der Waals surface area contributed by atoms with Crippen molar-refractivity contribution in [3.05, 3.63) is 0 Å². The first-order valence-electron chi connectivity index (χ1n) is 3.68. The van der Waals surface area contributed by atoms with Crippen LogP contribution in [0.2, 0.25) is 0 Å². The molecule has 2 aliphatic heterocycles. The minimum Gasteiger partial charge on any atom is -0.339 e. The van der Waals surface area contributed by atoms with Gasteiger partial charge in [0.25, 0.3) is 0 Å². The summed E-state index contributed by atoms with van der Waals surface area (Å²) in [4.78, 5) is 14.6. The van der Waals surface area contributed by atoms with Crippen molar-refractivity contribution in [3.63, 3.8) is 0 Å². The Hall–Kier alpha value is -1.04. The smallest absolute Gasteiger partial charge is 0.323 e. The maximum atomic E-state index is 11.4. The van der Waals surface area contributed by atoms with Crippen molar-refractivity contribution in [2.24, 2.45) is 0 Å². The van der Waals surface area contributed by atoms with Gasteiger partial charge in [0.05, 0.1) is 0 Å². The van der Waals surface area contributed by atoms with Gasteiger partial charge in [-0.25, -0.2) is 4.79 Å². The number of hydrogen-bond donors (Lipinski definition) is 2. The van der Waals surface area contributed by atoms with E-state index in [9.17, 15) is 4.79 Å². The summed E-state index contributed by atoms with van der Waals surface area (Å²) in [6.07, 6.45) is -0.0370. The number of nitrogens with zero attached hydrogens (tertiary/aromatic N) is 2. The first-order chi connectivity index (χ1) is 5.61. The van der Waals surface area contributed by atoms with Gasteiger partial charge in [-0.2, -0.15) is 0 Å². The molecule has 0 saturated carbocycles. The Bertz CT molecular complexity index is 234. The summed E-state index contributed by atoms with van der Waals surface area (Å²) >= 11 is 4.93. The third kappa shape index (κ3) is 0.781. The molecule has 0 aromatic rings. The second kappa shape index (κ2) is 2.22. The predicted molar refractivity (Wildman–Crippen MR) is 47.4 cm³/mol. The zero-order valence-corrected chi connectivity index (χ0v) is 7.68. The molecule has 0 aromatic heterocycles. The van der Waals surface area contributed by atoms with Gasteiger partial charge >= 0.3 is 6.03 Å². The van der Waals surface area contributed by atoms with Crippen molar-refractivity contribution >= 4 is 23.4 Å². The molecule has 0 bridgehead atoms. The highest BCUT2D eigenvalue weighted by Crippen LogP contribution is 2.18. The molecule has 2 rings (SSSR count). The maximum absolute atomic E-state index is 11.4. The summed E-state index contributed by atoms with van der Waals surface area (Å²) < 4.78 is 0. The van der Waals surface area contributed by atoms with Crippen molar-refractivity contribution < 1.29 is 4.79 Å². The summed E-state index contributed by atoms with van der Waals surface area (Å²) in [5.74, 6) is 0. The van der Waals surface area contributed by atoms with Gasteiger partial charge in [-0.3, -0.25) is 0 Å². The lowest BCUT2D eigenvalue weighted by atomic mass is 10.4. The molecule has 0 unspecified atom stereocenters. The van der Waals surface area contributed by atoms with Gasteiger partial charge in [0.1, 0.15) is 12.3 Å². The maximum Gasteiger partial charge on any atom is 0.323 e. The van der Waals surface area contributed by atoms with Crippen LogP contribution in [0.25, 0.3) is 0 Å². The molecule has 2 saturated heterocycles. The van der Waals surface area contributed by atoms with Crippen LogP contribution >= 0.6 is 12.2 Å². The number of hydrogen-bond acceptors (Lipinski definition) is 2. The SMILES string of the molecule is CN1C(=O)N(C)[C@H]2NC(=S)N[C@@H]21. The molecule has 0 spiro atoms. The molecule has 66 valence electrons. The molecular formula is C6H10N4OS. The van der Waals surface area contributed by atoms with Crippen molar-refractivity contribution in [1.82, 2.24) is 20.4 Å². The van der Waals surface area contributed by atoms with Gasteiger partial charge in [-0.1, -0.05) is 0 Å². The van der Waals surface area contributed by atoms with Crippen molar-refractivity contribution in [3.8, 4) is 0 Å². The van der Waals surface area contributed by atoms with Gasteiger partial charge in [0.2, 0.25) is 0 Å². The van der Waals surface area contributed by atoms with Crippen molar-refractivity contribution in [2.75, 3.05) is 14.1 Å². The average Bonchev–Trinajstić information content (AvgIpc) is 2.49. The normalized spacial score (nSPS) is 33.5. The minimum atomic E-state index is -0.0185. The third-order valence-electron chi connectivity index (χ3n) is 2.29. The van der Waals surface area contributed by atoms with Crippen LogP contribution in [0, 0.1) is 0 Å². The summed E-state index contributed by atoms with van der Waals surface area (Å²) in [5.41, 5.74) is 0. The first-order valence-corrected chi connectivity index (χ1v) is 4.09. The van der Waals surface area contributed by atoms with Crippen molar-refractivity contribution in [1.29, 1.82) is 0 Å². The number of amides is 2. The van der Waals surface area contributed by atoms with E-state index in [1.54, 1.807) is 23.9 Å². The van der Waals surface area contributed by atoms with E-state index in [0.717, 1.165) is 0 Å². The summed E-state index contributed by atoms with van der Waals surface area (Å²) in [7, 11) is 3.51. The molecular weight excluding hydrogens is 176 g/mol. The van der Waals surface area contributed by atoms with Gasteiger partial charge in [0.15, 0.2) is 5.11 Å². The molecule has 0 aromatic carbocycles. The van der Waals surface area contributed by atoms with Gasteiger partial charge in [-0.15, -0.1) is 0 Å². The Morgan fingerprint density at radius 1 is 1.25 bits per heavy atom. The standard InChI is InChI=1S/C6H10N4OS/c1-9-3-4(8-5(12)7-3)10(2)6(9)11/h3-4H,1-2H3,(H2,7,8,12)/t3-,4-/m1/s1. The third-order valence-corrected chi connectivity index (χ3v) is 2.53. The van der Waals surface area contributed by atoms with Crippen LogP contribution in [-0.2, 0) is 0 Å². The van der Waals surface area contributed by atoms with E-state index in [-0.39, 0.29) is 18.4 Å². The molecule has 2 N–H and O–H groups in total. The highest BCUT2D eigenvalue weighted by atomic mass is 32.1. The van der Waals surface area contributed by atoms with Crippen LogP contribution in [-0.4, -0.2) is 47.4 Å². The van der Waals surface area contributed by atoms with Gasteiger partial charge in [-0.05, 0) is 12.2 Å². The Morgan fingerprint density at radius 3 is 2.08 bits per heavy atom. The quantitative estimate of drug-likeness (QED) is 0.482. The summed E-state index contributed by atoms with van der Waals surface area (Å²) in [6, 6.07) is 0.00694. The Morgan fingerprint density at radius 2 is 1.67 bits per heavy atom. The number of carbonyl (C=O) groups excluding carboxylic acids is 1. The Kier molecular flexibility index (Phi) is 1.41. The Labute approximate surface area is 75.7 Å². The lowest BCUT2D eigenvalue weighted by Gasteiger charge is -2.15. The molecule has 2 amide bonds. The first kappa shape index (κ1) is 7.60. The van der Waals surface area contributed by atoms with Crippen LogP contribution in [0.4, 0.5) is 4.79 Å². The fourth-order valence-electron chi connectivity index (χ4n) is 1.57. The zero-order chi connectivity index (χ0) is 8.88. The topological polar surface area (TPSA) is 47.6 Å². The fourth-order valence-corrected chi connectivity index (χ4v) is 1.81. The molecule has 0 radical (unpaired) electrons. The lowest BCUT2D eigenvalue weighted by Crippen LogP contribution is -2.41. The Balaban J connectivity index is 2.26. The zero-order valence-electron chi connectivity index (χ0n) is 6.87. The fraction of sp³-hybridized carbons (Fsp3) is 0.667. The van der Waals surface area contributed by atoms with Crippen LogP contribution in [0.3, 0.4) is 0 Å². The monoisotopic (exact) mass is 186 g/mol. The minimum absolute atomic E-state index is 0.00694. The number of urea groups is 1. The molecule has 12 heavy (non-hydrogen) atoms. The number of fused-ring (bicyclic) bond motifs is 1. The highest BCUT2D eigenvalue weighted by molar-refractivity contribution is 7.80. The van der Waals surface area contributed by atoms with E-state index >= 15 is 0 Å². The van der Waals surface area contributed by atoms with Gasteiger partial charge < -0.3 is 20.4 Å². The number of nitrogens with one attached hydrogen (secondary N) is 2. The highest BCUT2D eigenvalue weighted by Gasteiger charge is 2.46. The van der Waals surface area contributed by atoms with Crippen LogP contribution in [0.1, 0.15) is 0 Å². The predicted octanol–water partition coefficient (Wildman–Crippen LogP) is -0.886. The van der Waals surface area contributed by atoms with Gasteiger partial charge in [0, 0.05) is 14.1 Å².